The van der Waals surface area contributed by atoms with Crippen LogP contribution < -0.4 is 4.74 Å². The van der Waals surface area contributed by atoms with Gasteiger partial charge in [-0.05, 0) is 35.9 Å². The summed E-state index contributed by atoms with van der Waals surface area (Å²) >= 11 is 0. The summed E-state index contributed by atoms with van der Waals surface area (Å²) in [7, 11) is 1.62. The van der Waals surface area contributed by atoms with Crippen LogP contribution in [0.1, 0.15) is 21.5 Å². The van der Waals surface area contributed by atoms with Gasteiger partial charge < -0.3 is 9.64 Å². The van der Waals surface area contributed by atoms with Gasteiger partial charge in [0.25, 0.3) is 5.91 Å². The van der Waals surface area contributed by atoms with E-state index in [-0.39, 0.29) is 11.5 Å². The molecule has 0 radical (unpaired) electrons. The fourth-order valence-electron chi connectivity index (χ4n) is 3.11. The number of alkyl halides is 3. The molecule has 1 saturated heterocycles. The van der Waals surface area contributed by atoms with Gasteiger partial charge in [0.15, 0.2) is 0 Å². The number of nitrogens with zero attached hydrogens (tertiary/aromatic N) is 2. The number of piperazine rings is 1. The van der Waals surface area contributed by atoms with Crippen LogP contribution >= 0.6 is 0 Å². The summed E-state index contributed by atoms with van der Waals surface area (Å²) in [5, 5.41) is 0. The lowest BCUT2D eigenvalue weighted by molar-refractivity contribution is -0.137. The Kier molecular flexibility index (Phi) is 5.70. The molecule has 144 valence electrons. The predicted octanol–water partition coefficient (Wildman–Crippen LogP) is 3.67. The number of carbonyl (C=O) groups excluding carboxylic acids is 1. The van der Waals surface area contributed by atoms with Crippen molar-refractivity contribution in [3.05, 3.63) is 65.2 Å². The van der Waals surface area contributed by atoms with Crippen molar-refractivity contribution in [3.63, 3.8) is 0 Å². The van der Waals surface area contributed by atoms with E-state index < -0.39 is 11.7 Å². The Morgan fingerprint density at radius 3 is 2.30 bits per heavy atom. The molecular weight excluding hydrogens is 357 g/mol. The third-order valence-electron chi connectivity index (χ3n) is 4.66. The summed E-state index contributed by atoms with van der Waals surface area (Å²) < 4.78 is 43.7. The molecule has 0 aromatic heterocycles. The van der Waals surface area contributed by atoms with Crippen LogP contribution in [0.5, 0.6) is 5.75 Å². The number of amides is 1. The highest BCUT2D eigenvalue weighted by atomic mass is 19.4. The van der Waals surface area contributed by atoms with Gasteiger partial charge in [0, 0.05) is 38.3 Å². The number of methoxy groups -OCH3 is 1. The molecule has 0 atom stereocenters. The smallest absolute Gasteiger partial charge is 0.416 e. The first-order valence-electron chi connectivity index (χ1n) is 8.68. The number of carbonyl (C=O) groups is 1. The van der Waals surface area contributed by atoms with Crippen LogP contribution in [0.25, 0.3) is 0 Å². The monoisotopic (exact) mass is 378 g/mol. The van der Waals surface area contributed by atoms with Crippen LogP contribution in [-0.4, -0.2) is 49.0 Å². The molecule has 2 aromatic rings. The Bertz CT molecular complexity index is 783. The number of hydrogen-bond donors (Lipinski definition) is 0. The number of rotatable bonds is 4. The van der Waals surface area contributed by atoms with Crippen LogP contribution in [0.4, 0.5) is 13.2 Å². The second-order valence-corrected chi connectivity index (χ2v) is 6.49. The molecule has 0 aliphatic carbocycles. The zero-order valence-corrected chi connectivity index (χ0v) is 15.0. The molecule has 3 rings (SSSR count). The van der Waals surface area contributed by atoms with Crippen molar-refractivity contribution in [1.29, 1.82) is 0 Å². The van der Waals surface area contributed by atoms with Crippen molar-refractivity contribution >= 4 is 5.91 Å². The van der Waals surface area contributed by atoms with Crippen molar-refractivity contribution in [1.82, 2.24) is 9.80 Å². The van der Waals surface area contributed by atoms with E-state index in [1.165, 1.54) is 12.1 Å². The van der Waals surface area contributed by atoms with Gasteiger partial charge in [0.05, 0.1) is 12.7 Å². The third-order valence-corrected chi connectivity index (χ3v) is 4.66. The highest BCUT2D eigenvalue weighted by Gasteiger charge is 2.31. The molecule has 4 nitrogen and oxygen atoms in total. The molecule has 7 heteroatoms. The Labute approximate surface area is 156 Å². The zero-order chi connectivity index (χ0) is 19.4. The average molecular weight is 378 g/mol. The number of ether oxygens (including phenoxy) is 1. The third kappa shape index (κ3) is 4.80. The Balaban J connectivity index is 1.57. The topological polar surface area (TPSA) is 32.8 Å². The maximum absolute atomic E-state index is 12.8. The number of halogens is 3. The minimum Gasteiger partial charge on any atom is -0.497 e. The Morgan fingerprint density at radius 2 is 1.70 bits per heavy atom. The van der Waals surface area contributed by atoms with Crippen LogP contribution in [0.3, 0.4) is 0 Å². The van der Waals surface area contributed by atoms with Gasteiger partial charge in [-0.3, -0.25) is 9.69 Å². The lowest BCUT2D eigenvalue weighted by Gasteiger charge is -2.35. The second-order valence-electron chi connectivity index (χ2n) is 6.49. The first kappa shape index (κ1) is 19.2. The normalized spacial score (nSPS) is 15.6. The standard InChI is InChI=1S/C20H21F3N2O2/c1-27-18-7-5-15(6-8-18)14-24-9-11-25(12-10-24)19(26)16-3-2-4-17(13-16)20(21,22)23/h2-8,13H,9-12,14H2,1H3. The maximum atomic E-state index is 12.8. The first-order valence-corrected chi connectivity index (χ1v) is 8.68. The molecule has 0 bridgehead atoms. The fourth-order valence-corrected chi connectivity index (χ4v) is 3.11. The number of benzene rings is 2. The van der Waals surface area contributed by atoms with E-state index in [9.17, 15) is 18.0 Å². The van der Waals surface area contributed by atoms with Gasteiger partial charge in [-0.2, -0.15) is 13.2 Å². The summed E-state index contributed by atoms with van der Waals surface area (Å²) in [6.07, 6.45) is -4.45. The van der Waals surface area contributed by atoms with Crippen LogP contribution in [0.2, 0.25) is 0 Å². The van der Waals surface area contributed by atoms with E-state index in [0.717, 1.165) is 30.0 Å². The summed E-state index contributed by atoms with van der Waals surface area (Å²) in [5.41, 5.74) is 0.424. The van der Waals surface area contributed by atoms with E-state index in [2.05, 4.69) is 4.90 Å². The minimum absolute atomic E-state index is 0.0772. The van der Waals surface area contributed by atoms with Crippen molar-refractivity contribution in [3.8, 4) is 5.75 Å². The van der Waals surface area contributed by atoms with E-state index in [1.54, 1.807) is 12.0 Å². The first-order chi connectivity index (χ1) is 12.9. The summed E-state index contributed by atoms with van der Waals surface area (Å²) in [4.78, 5) is 16.4. The molecular formula is C20H21F3N2O2. The highest BCUT2D eigenvalue weighted by molar-refractivity contribution is 5.94. The largest absolute Gasteiger partial charge is 0.497 e. The van der Waals surface area contributed by atoms with Gasteiger partial charge in [-0.15, -0.1) is 0 Å². The Hall–Kier alpha value is -2.54. The zero-order valence-electron chi connectivity index (χ0n) is 15.0. The van der Waals surface area contributed by atoms with Gasteiger partial charge >= 0.3 is 6.18 Å². The lowest BCUT2D eigenvalue weighted by atomic mass is 10.1. The fraction of sp³-hybridized carbons (Fsp3) is 0.350. The molecule has 27 heavy (non-hydrogen) atoms. The van der Waals surface area contributed by atoms with E-state index in [0.29, 0.717) is 26.2 Å². The molecule has 0 unspecified atom stereocenters. The molecule has 0 N–H and O–H groups in total. The van der Waals surface area contributed by atoms with Crippen molar-refractivity contribution < 1.29 is 22.7 Å². The molecule has 2 aromatic carbocycles. The van der Waals surface area contributed by atoms with Crippen LogP contribution in [0.15, 0.2) is 48.5 Å². The SMILES string of the molecule is COc1ccc(CN2CCN(C(=O)c3cccc(C(F)(F)F)c3)CC2)cc1. The van der Waals surface area contributed by atoms with Crippen molar-refractivity contribution in [2.24, 2.45) is 0 Å². The van der Waals surface area contributed by atoms with E-state index >= 15 is 0 Å². The molecule has 1 fully saturated rings. The molecule has 1 heterocycles. The van der Waals surface area contributed by atoms with E-state index in [4.69, 9.17) is 4.74 Å². The van der Waals surface area contributed by atoms with Gasteiger partial charge in [-0.25, -0.2) is 0 Å². The summed E-state index contributed by atoms with van der Waals surface area (Å²) in [6.45, 7) is 3.10. The molecule has 0 saturated carbocycles. The van der Waals surface area contributed by atoms with Crippen LogP contribution in [0, 0.1) is 0 Å². The quantitative estimate of drug-likeness (QED) is 0.814. The molecule has 1 aliphatic heterocycles. The van der Waals surface area contributed by atoms with E-state index in [1.807, 2.05) is 24.3 Å². The molecule has 1 aliphatic rings. The Morgan fingerprint density at radius 1 is 1.04 bits per heavy atom. The average Bonchev–Trinajstić information content (AvgIpc) is 2.68. The van der Waals surface area contributed by atoms with Gasteiger partial charge in [-0.1, -0.05) is 18.2 Å². The van der Waals surface area contributed by atoms with Gasteiger partial charge in [0.2, 0.25) is 0 Å². The van der Waals surface area contributed by atoms with Crippen molar-refractivity contribution in [2.45, 2.75) is 12.7 Å². The minimum atomic E-state index is -4.45. The number of hydrogen-bond acceptors (Lipinski definition) is 3. The molecule has 1 amide bonds. The lowest BCUT2D eigenvalue weighted by Crippen LogP contribution is -2.48. The highest BCUT2D eigenvalue weighted by Crippen LogP contribution is 2.29. The van der Waals surface area contributed by atoms with Crippen molar-refractivity contribution in [2.75, 3.05) is 33.3 Å². The summed E-state index contributed by atoms with van der Waals surface area (Å²) in [5.74, 6) is 0.445. The summed E-state index contributed by atoms with van der Waals surface area (Å²) in [6, 6.07) is 12.4. The van der Waals surface area contributed by atoms with Crippen LogP contribution in [-0.2, 0) is 12.7 Å². The maximum Gasteiger partial charge on any atom is 0.416 e. The second kappa shape index (κ2) is 8.00. The predicted molar refractivity (Wildman–Crippen MR) is 95.6 cm³/mol. The van der Waals surface area contributed by atoms with Gasteiger partial charge in [0.1, 0.15) is 5.75 Å². The molecule has 0 spiro atoms.